The fourth-order valence-corrected chi connectivity index (χ4v) is 6.69. The Balaban J connectivity index is 1.59. The second-order valence-corrected chi connectivity index (χ2v) is 13.6. The molecule has 2 nitrogen and oxygen atoms in total. The zero-order chi connectivity index (χ0) is 30.5. The molecule has 0 N–H and O–H groups in total. The lowest BCUT2D eigenvalue weighted by molar-refractivity contribution is -0.704. The van der Waals surface area contributed by atoms with Crippen LogP contribution < -0.4 is 4.57 Å². The number of nitrogens with zero attached hydrogens (tertiary/aromatic N) is 2. The van der Waals surface area contributed by atoms with Crippen molar-refractivity contribution in [3.63, 3.8) is 0 Å². The van der Waals surface area contributed by atoms with Crippen LogP contribution in [-0.2, 0) is 19.5 Å². The van der Waals surface area contributed by atoms with E-state index in [1.54, 1.807) is 5.82 Å². The minimum Gasteiger partial charge on any atom is -0.234 e. The third-order valence-electron chi connectivity index (χ3n) is 9.54. The van der Waals surface area contributed by atoms with E-state index in [0.29, 0.717) is 0 Å². The molecule has 0 aliphatic heterocycles. The van der Waals surface area contributed by atoms with Crippen molar-refractivity contribution in [3.8, 4) is 0 Å². The van der Waals surface area contributed by atoms with E-state index in [-0.39, 0.29) is 0 Å². The number of aromatic nitrogens is 2. The van der Waals surface area contributed by atoms with Gasteiger partial charge in [-0.25, -0.2) is 9.13 Å². The quantitative estimate of drug-likeness (QED) is 0.0607. The summed E-state index contributed by atoms with van der Waals surface area (Å²) in [4.78, 5) is 0. The average molecular weight is 594 g/mol. The summed E-state index contributed by atoms with van der Waals surface area (Å²) in [5.41, 5.74) is 1.41. The van der Waals surface area contributed by atoms with Gasteiger partial charge in [-0.3, -0.25) is 0 Å². The lowest BCUT2D eigenvalue weighted by Crippen LogP contribution is -2.37. The molecule has 0 bridgehead atoms. The zero-order valence-electron chi connectivity index (χ0n) is 29.1. The van der Waals surface area contributed by atoms with Gasteiger partial charge < -0.3 is 0 Å². The second kappa shape index (κ2) is 27.9. The lowest BCUT2D eigenvalue weighted by atomic mass is 10.0. The predicted octanol–water partition coefficient (Wildman–Crippen LogP) is 12.9. The van der Waals surface area contributed by atoms with Crippen LogP contribution in [0, 0.1) is 0 Å². The van der Waals surface area contributed by atoms with Gasteiger partial charge in [0.25, 0.3) is 5.82 Å². The highest BCUT2D eigenvalue weighted by atomic mass is 15.1. The van der Waals surface area contributed by atoms with Crippen molar-refractivity contribution >= 4 is 0 Å². The number of rotatable bonds is 31. The molecule has 43 heavy (non-hydrogen) atoms. The first-order chi connectivity index (χ1) is 21.3. The molecule has 0 spiro atoms. The molecule has 0 saturated heterocycles. The molecule has 0 saturated carbocycles. The number of benzene rings is 1. The van der Waals surface area contributed by atoms with E-state index in [1.807, 2.05) is 0 Å². The highest BCUT2D eigenvalue weighted by Crippen LogP contribution is 2.15. The summed E-state index contributed by atoms with van der Waals surface area (Å²) in [6, 6.07) is 11.0. The molecule has 0 radical (unpaired) electrons. The van der Waals surface area contributed by atoms with E-state index < -0.39 is 0 Å². The lowest BCUT2D eigenvalue weighted by Gasteiger charge is -2.07. The van der Waals surface area contributed by atoms with Crippen LogP contribution in [0.1, 0.15) is 199 Å². The van der Waals surface area contributed by atoms with Crippen LogP contribution in [0.3, 0.4) is 0 Å². The summed E-state index contributed by atoms with van der Waals surface area (Å²) in [5.74, 6) is 1.54. The van der Waals surface area contributed by atoms with Crippen molar-refractivity contribution in [2.75, 3.05) is 0 Å². The molecule has 0 aliphatic carbocycles. The maximum absolute atomic E-state index is 2.59. The van der Waals surface area contributed by atoms with Crippen LogP contribution in [0.2, 0.25) is 0 Å². The third-order valence-corrected chi connectivity index (χ3v) is 9.54. The molecule has 246 valence electrons. The highest BCUT2D eigenvalue weighted by molar-refractivity contribution is 5.15. The van der Waals surface area contributed by atoms with Crippen molar-refractivity contribution in [1.29, 1.82) is 0 Å². The van der Waals surface area contributed by atoms with Gasteiger partial charge >= 0.3 is 0 Å². The summed E-state index contributed by atoms with van der Waals surface area (Å²) in [7, 11) is 0. The molecule has 1 aromatic heterocycles. The molecule has 0 unspecified atom stereocenters. The number of imidazole rings is 1. The first-order valence-corrected chi connectivity index (χ1v) is 19.5. The Morgan fingerprint density at radius 3 is 1.30 bits per heavy atom. The first kappa shape index (κ1) is 37.6. The normalized spacial score (nSPS) is 11.5. The first-order valence-electron chi connectivity index (χ1n) is 19.5. The van der Waals surface area contributed by atoms with E-state index in [1.165, 1.54) is 192 Å². The van der Waals surface area contributed by atoms with Gasteiger partial charge in [0.05, 0.1) is 6.54 Å². The Morgan fingerprint density at radius 2 is 0.860 bits per heavy atom. The van der Waals surface area contributed by atoms with Crippen LogP contribution in [0.5, 0.6) is 0 Å². The maximum atomic E-state index is 2.59. The van der Waals surface area contributed by atoms with Crippen molar-refractivity contribution < 1.29 is 4.57 Å². The number of hydrogen-bond donors (Lipinski definition) is 0. The molecule has 1 heterocycles. The molecule has 2 aromatic rings. The molecular formula is C41H73N2+. The molecular weight excluding hydrogens is 520 g/mol. The van der Waals surface area contributed by atoms with Crippen LogP contribution in [0.25, 0.3) is 0 Å². The van der Waals surface area contributed by atoms with Gasteiger partial charge in [0.15, 0.2) is 0 Å². The predicted molar refractivity (Wildman–Crippen MR) is 190 cm³/mol. The largest absolute Gasteiger partial charge is 0.256 e. The number of unbranched alkanes of at least 4 members (excludes halogenated alkanes) is 25. The zero-order valence-corrected chi connectivity index (χ0v) is 29.1. The molecule has 0 aliphatic rings. The van der Waals surface area contributed by atoms with E-state index in [4.69, 9.17) is 0 Å². The van der Waals surface area contributed by atoms with Crippen molar-refractivity contribution in [2.45, 2.75) is 207 Å². The third kappa shape index (κ3) is 20.2. The highest BCUT2D eigenvalue weighted by Gasteiger charge is 2.17. The average Bonchev–Trinajstić information content (AvgIpc) is 3.40. The Labute approximate surface area is 269 Å². The Kier molecular flexibility index (Phi) is 24.4. The van der Waals surface area contributed by atoms with Crippen LogP contribution in [0.4, 0.5) is 0 Å². The van der Waals surface area contributed by atoms with Gasteiger partial charge in [-0.1, -0.05) is 198 Å². The van der Waals surface area contributed by atoms with Gasteiger partial charge in [0.1, 0.15) is 18.9 Å². The van der Waals surface area contributed by atoms with Gasteiger partial charge in [0.2, 0.25) is 0 Å². The van der Waals surface area contributed by atoms with Crippen molar-refractivity contribution in [2.24, 2.45) is 0 Å². The van der Waals surface area contributed by atoms with Gasteiger partial charge in [-0.05, 0) is 24.8 Å². The van der Waals surface area contributed by atoms with Crippen LogP contribution >= 0.6 is 0 Å². The Bertz CT molecular complexity index is 839. The standard InChI is InChI=1S/C41H73N2/c1-3-5-7-9-11-13-15-17-18-20-22-24-26-31-35-41-42(37-38-43(41)39-40-33-29-28-30-34-40)36-32-27-25-23-21-19-16-14-12-10-8-6-4-2/h28-30,33-34,37-38H,3-27,31-32,35-36,39H2,1-2H3/q+1. The van der Waals surface area contributed by atoms with E-state index in [2.05, 4.69) is 65.7 Å². The smallest absolute Gasteiger partial charge is 0.234 e. The van der Waals surface area contributed by atoms with Crippen molar-refractivity contribution in [3.05, 3.63) is 54.1 Å². The second-order valence-electron chi connectivity index (χ2n) is 13.6. The van der Waals surface area contributed by atoms with E-state index in [0.717, 1.165) is 6.54 Å². The number of hydrogen-bond acceptors (Lipinski definition) is 0. The Hall–Kier alpha value is -1.57. The topological polar surface area (TPSA) is 8.81 Å². The molecule has 0 atom stereocenters. The van der Waals surface area contributed by atoms with E-state index >= 15 is 0 Å². The number of aryl methyl sites for hydroxylation is 1. The summed E-state index contributed by atoms with van der Waals surface area (Å²) in [5, 5.41) is 0. The van der Waals surface area contributed by atoms with Gasteiger partial charge in [-0.15, -0.1) is 0 Å². The maximum Gasteiger partial charge on any atom is 0.256 e. The molecule has 1 aromatic carbocycles. The van der Waals surface area contributed by atoms with Crippen molar-refractivity contribution in [1.82, 2.24) is 4.57 Å². The van der Waals surface area contributed by atoms with Crippen LogP contribution in [-0.4, -0.2) is 4.57 Å². The summed E-state index contributed by atoms with van der Waals surface area (Å²) < 4.78 is 5.11. The molecule has 0 fully saturated rings. The minimum absolute atomic E-state index is 1.00. The summed E-state index contributed by atoms with van der Waals surface area (Å²) >= 11 is 0. The SMILES string of the molecule is CCCCCCCCCCCCCCCCc1n(Cc2ccccc2)cc[n+]1CCCCCCCCCCCCCCC. The Morgan fingerprint density at radius 1 is 0.465 bits per heavy atom. The monoisotopic (exact) mass is 594 g/mol. The summed E-state index contributed by atoms with van der Waals surface area (Å²) in [6.07, 6.45) is 44.4. The molecule has 2 rings (SSSR count). The fraction of sp³-hybridized carbons (Fsp3) is 0.780. The van der Waals surface area contributed by atoms with Crippen LogP contribution in [0.15, 0.2) is 42.7 Å². The minimum atomic E-state index is 1.00. The van der Waals surface area contributed by atoms with Gasteiger partial charge in [-0.2, -0.15) is 0 Å². The van der Waals surface area contributed by atoms with E-state index in [9.17, 15) is 0 Å². The fourth-order valence-electron chi connectivity index (χ4n) is 6.69. The molecule has 2 heteroatoms. The molecule has 0 amide bonds. The van der Waals surface area contributed by atoms with Gasteiger partial charge in [0, 0.05) is 6.42 Å². The summed E-state index contributed by atoms with van der Waals surface area (Å²) in [6.45, 7) is 6.80.